The van der Waals surface area contributed by atoms with E-state index in [9.17, 15) is 9.59 Å². The molecular formula is C45H61NO6S. The van der Waals surface area contributed by atoms with Crippen LogP contribution in [-0.4, -0.2) is 42.3 Å². The Morgan fingerprint density at radius 1 is 0.566 bits per heavy atom. The van der Waals surface area contributed by atoms with Crippen LogP contribution >= 0.6 is 11.3 Å². The maximum absolute atomic E-state index is 11.8. The first kappa shape index (κ1) is 43.2. The molecule has 0 atom stereocenters. The fourth-order valence-electron chi connectivity index (χ4n) is 5.86. The number of ether oxygens (including phenoxy) is 4. The lowest BCUT2D eigenvalue weighted by molar-refractivity contribution is -0.146. The van der Waals surface area contributed by atoms with Gasteiger partial charge in [-0.05, 0) is 92.5 Å². The zero-order valence-corrected chi connectivity index (χ0v) is 32.6. The van der Waals surface area contributed by atoms with Crippen LogP contribution in [0.25, 0.3) is 20.8 Å². The molecule has 2 aromatic carbocycles. The van der Waals surface area contributed by atoms with Crippen LogP contribution in [0, 0.1) is 0 Å². The summed E-state index contributed by atoms with van der Waals surface area (Å²) in [4.78, 5) is 28.5. The number of benzene rings is 2. The first-order chi connectivity index (χ1) is 25.9. The lowest BCUT2D eigenvalue weighted by Crippen LogP contribution is -2.12. The van der Waals surface area contributed by atoms with Gasteiger partial charge in [-0.1, -0.05) is 103 Å². The monoisotopic (exact) mass is 743 g/mol. The molecule has 0 spiro atoms. The molecule has 53 heavy (non-hydrogen) atoms. The molecule has 288 valence electrons. The van der Waals surface area contributed by atoms with E-state index in [4.69, 9.17) is 23.9 Å². The summed E-state index contributed by atoms with van der Waals surface area (Å²) in [5.74, 6) is 1.42. The minimum Gasteiger partial charge on any atom is -0.494 e. The van der Waals surface area contributed by atoms with Crippen molar-refractivity contribution in [2.24, 2.45) is 0 Å². The second-order valence-corrected chi connectivity index (χ2v) is 14.4. The van der Waals surface area contributed by atoms with Gasteiger partial charge in [-0.15, -0.1) is 11.3 Å². The second-order valence-electron chi connectivity index (χ2n) is 13.4. The molecule has 0 fully saturated rings. The highest BCUT2D eigenvalue weighted by atomic mass is 32.1. The number of carbonyl (C=O) groups excluding carboxylic acids is 2. The lowest BCUT2D eigenvalue weighted by atomic mass is 10.1. The van der Waals surface area contributed by atoms with Crippen molar-refractivity contribution in [2.45, 2.75) is 128 Å². The Balaban J connectivity index is 1.20. The summed E-state index contributed by atoms with van der Waals surface area (Å²) < 4.78 is 23.7. The molecule has 0 saturated heterocycles. The van der Waals surface area contributed by atoms with E-state index in [0.29, 0.717) is 19.4 Å². The van der Waals surface area contributed by atoms with E-state index in [1.807, 2.05) is 24.3 Å². The molecule has 3 rings (SSSR count). The number of unbranched alkanes of at least 4 members (excludes halogenated alkanes) is 14. The number of thiazole rings is 1. The molecule has 1 heterocycles. The van der Waals surface area contributed by atoms with Gasteiger partial charge in [0.15, 0.2) is 0 Å². The molecule has 0 bridgehead atoms. The Morgan fingerprint density at radius 3 is 1.45 bits per heavy atom. The number of fused-ring (bicyclic) bond motifs is 1. The van der Waals surface area contributed by atoms with E-state index in [0.717, 1.165) is 103 Å². The SMILES string of the molecule is C=CC(C=C)OC(=O)CCCCCCCCCCOc1ccc(-c2nc3ccc(OCCCCCCCCCCC(=O)OC(C=C)C=C)cc3s2)cc1. The number of rotatable bonds is 31. The van der Waals surface area contributed by atoms with Gasteiger partial charge >= 0.3 is 11.9 Å². The Bertz CT molecular complexity index is 1510. The van der Waals surface area contributed by atoms with Gasteiger partial charge < -0.3 is 18.9 Å². The number of nitrogens with zero attached hydrogens (tertiary/aromatic N) is 1. The van der Waals surface area contributed by atoms with Crippen LogP contribution in [0.5, 0.6) is 11.5 Å². The van der Waals surface area contributed by atoms with Crippen LogP contribution in [0.1, 0.15) is 116 Å². The highest BCUT2D eigenvalue weighted by Gasteiger charge is 2.10. The van der Waals surface area contributed by atoms with E-state index >= 15 is 0 Å². The first-order valence-corrected chi connectivity index (χ1v) is 20.4. The summed E-state index contributed by atoms with van der Waals surface area (Å²) in [6, 6.07) is 14.4. The zero-order valence-electron chi connectivity index (χ0n) is 31.8. The Hall–Kier alpha value is -4.17. The highest BCUT2D eigenvalue weighted by Crippen LogP contribution is 2.33. The number of aromatic nitrogens is 1. The van der Waals surface area contributed by atoms with Gasteiger partial charge in [-0.2, -0.15) is 0 Å². The summed E-state index contributed by atoms with van der Waals surface area (Å²) in [6.45, 7) is 16.0. The van der Waals surface area contributed by atoms with Crippen molar-refractivity contribution in [3.8, 4) is 22.1 Å². The summed E-state index contributed by atoms with van der Waals surface area (Å²) in [5, 5.41) is 0.992. The third kappa shape index (κ3) is 17.9. The molecule has 3 aromatic rings. The normalized spacial score (nSPS) is 11.1. The van der Waals surface area contributed by atoms with Crippen molar-refractivity contribution in [3.05, 3.63) is 93.1 Å². The topological polar surface area (TPSA) is 84.0 Å². The number of hydrogen-bond acceptors (Lipinski definition) is 8. The molecule has 0 amide bonds. The van der Waals surface area contributed by atoms with E-state index < -0.39 is 0 Å². The van der Waals surface area contributed by atoms with Gasteiger partial charge in [-0.3, -0.25) is 9.59 Å². The van der Waals surface area contributed by atoms with Gasteiger partial charge in [0, 0.05) is 18.4 Å². The van der Waals surface area contributed by atoms with Crippen LogP contribution in [-0.2, 0) is 19.1 Å². The molecule has 1 aromatic heterocycles. The number of esters is 2. The van der Waals surface area contributed by atoms with E-state index in [1.165, 1.54) is 38.5 Å². The zero-order chi connectivity index (χ0) is 37.9. The number of hydrogen-bond donors (Lipinski definition) is 0. The van der Waals surface area contributed by atoms with Crippen molar-refractivity contribution < 1.29 is 28.5 Å². The van der Waals surface area contributed by atoms with Gasteiger partial charge in [-0.25, -0.2) is 4.98 Å². The fourth-order valence-corrected chi connectivity index (χ4v) is 6.86. The minimum atomic E-state index is -0.390. The first-order valence-electron chi connectivity index (χ1n) is 19.6. The van der Waals surface area contributed by atoms with Crippen molar-refractivity contribution in [1.82, 2.24) is 4.98 Å². The second kappa shape index (κ2) is 26.6. The predicted octanol–water partition coefficient (Wildman–Crippen LogP) is 12.3. The molecule has 0 aliphatic heterocycles. The van der Waals surface area contributed by atoms with Crippen LogP contribution < -0.4 is 9.47 Å². The Kier molecular flexibility index (Phi) is 21.7. The smallest absolute Gasteiger partial charge is 0.306 e. The molecule has 0 N–H and O–H groups in total. The molecule has 0 radical (unpaired) electrons. The summed E-state index contributed by atoms with van der Waals surface area (Å²) in [6.07, 6.45) is 24.2. The van der Waals surface area contributed by atoms with Crippen LogP contribution in [0.2, 0.25) is 0 Å². The van der Waals surface area contributed by atoms with Gasteiger partial charge in [0.05, 0.1) is 23.4 Å². The van der Waals surface area contributed by atoms with E-state index in [1.54, 1.807) is 35.6 Å². The Morgan fingerprint density at radius 2 is 0.981 bits per heavy atom. The molecule has 0 unspecified atom stereocenters. The fraction of sp³-hybridized carbons (Fsp3) is 0.489. The van der Waals surface area contributed by atoms with Crippen LogP contribution in [0.15, 0.2) is 93.1 Å². The standard InChI is InChI=1S/C45H61NO6S/c1-5-37(6-2)51-43(47)25-21-17-13-9-11-15-19-23-33-49-39-29-27-36(28-30-39)45-46-41-32-31-40(35-42(41)53-45)50-34-24-20-16-12-10-14-18-22-26-44(48)52-38(7-3)8-4/h5-8,27-32,35,37-38H,1-4,9-26,33-34H2. The van der Waals surface area contributed by atoms with Crippen LogP contribution in [0.4, 0.5) is 0 Å². The van der Waals surface area contributed by atoms with Crippen LogP contribution in [0.3, 0.4) is 0 Å². The Labute approximate surface area is 322 Å². The van der Waals surface area contributed by atoms with E-state index in [-0.39, 0.29) is 24.1 Å². The third-order valence-electron chi connectivity index (χ3n) is 9.01. The van der Waals surface area contributed by atoms with Crippen molar-refractivity contribution in [3.63, 3.8) is 0 Å². The lowest BCUT2D eigenvalue weighted by Gasteiger charge is -2.09. The third-order valence-corrected chi connectivity index (χ3v) is 10.1. The summed E-state index contributed by atoms with van der Waals surface area (Å²) >= 11 is 1.68. The van der Waals surface area contributed by atoms with Gasteiger partial charge in [0.25, 0.3) is 0 Å². The molecule has 0 aliphatic carbocycles. The average Bonchev–Trinajstić information content (AvgIpc) is 3.61. The molecular weight excluding hydrogens is 683 g/mol. The summed E-state index contributed by atoms with van der Waals surface area (Å²) in [5.41, 5.74) is 2.07. The van der Waals surface area contributed by atoms with Gasteiger partial charge in [0.1, 0.15) is 28.7 Å². The highest BCUT2D eigenvalue weighted by molar-refractivity contribution is 7.21. The molecule has 0 saturated carbocycles. The maximum Gasteiger partial charge on any atom is 0.306 e. The van der Waals surface area contributed by atoms with Gasteiger partial charge in [0.2, 0.25) is 0 Å². The van der Waals surface area contributed by atoms with Crippen molar-refractivity contribution in [2.75, 3.05) is 13.2 Å². The average molecular weight is 744 g/mol. The minimum absolute atomic E-state index is 0.179. The number of carbonyl (C=O) groups is 2. The largest absolute Gasteiger partial charge is 0.494 e. The molecule has 0 aliphatic rings. The quantitative estimate of drug-likeness (QED) is 0.0368. The molecule has 8 heteroatoms. The van der Waals surface area contributed by atoms with Crippen molar-refractivity contribution in [1.29, 1.82) is 0 Å². The predicted molar refractivity (Wildman–Crippen MR) is 220 cm³/mol. The van der Waals surface area contributed by atoms with Crippen molar-refractivity contribution >= 4 is 33.5 Å². The molecule has 7 nitrogen and oxygen atoms in total. The van der Waals surface area contributed by atoms with E-state index in [2.05, 4.69) is 44.5 Å². The summed E-state index contributed by atoms with van der Waals surface area (Å²) in [7, 11) is 0. The maximum atomic E-state index is 11.8.